The summed E-state index contributed by atoms with van der Waals surface area (Å²) >= 11 is 1.90. The summed E-state index contributed by atoms with van der Waals surface area (Å²) in [7, 11) is 0. The minimum Gasteiger partial charge on any atom is -0.383 e. The third-order valence-corrected chi connectivity index (χ3v) is 5.89. The van der Waals surface area contributed by atoms with Crippen LogP contribution in [0.4, 0.5) is 5.69 Å². The topological polar surface area (TPSA) is 54.0 Å². The number of hydrogen-bond donors (Lipinski definition) is 2. The number of carbonyl (C=O) groups excluding carboxylic acids is 1. The number of anilines is 1. The molecule has 0 radical (unpaired) electrons. The highest BCUT2D eigenvalue weighted by Gasteiger charge is 2.25. The number of nitrogens with zero attached hydrogens (tertiary/aromatic N) is 1. The van der Waals surface area contributed by atoms with Crippen molar-refractivity contribution in [3.63, 3.8) is 0 Å². The number of nitrogens with one attached hydrogen (secondary N) is 2. The molecule has 33 heavy (non-hydrogen) atoms. The quantitative estimate of drug-likeness (QED) is 0.313. The minimum atomic E-state index is 0. The van der Waals surface area contributed by atoms with Crippen LogP contribution in [0.3, 0.4) is 0 Å². The standard InChI is InChI=1S/C22H21N3OS.6ClH/c26-21(16-6-2-1-3-7-16)17-8-4-10-19(12-17)24-14-20-15-27-22(25-20)18-9-5-11-23-13-18;;;;;;/h1-13,20,22,24-25H,14-15H2;6*1H. The molecule has 1 aromatic heterocycles. The van der Waals surface area contributed by atoms with Gasteiger partial charge in [0.2, 0.25) is 0 Å². The molecule has 4 rings (SSSR count). The first-order valence-electron chi connectivity index (χ1n) is 9.01. The number of benzene rings is 2. The van der Waals surface area contributed by atoms with Crippen LogP contribution in [0.1, 0.15) is 26.9 Å². The number of ketones is 1. The number of pyridine rings is 1. The molecule has 2 heterocycles. The Morgan fingerprint density at radius 2 is 1.61 bits per heavy atom. The molecular formula is C22H27Cl6N3OS. The number of halogens is 6. The maximum absolute atomic E-state index is 12.6. The van der Waals surface area contributed by atoms with Crippen molar-refractivity contribution >= 4 is 97.7 Å². The molecule has 2 atom stereocenters. The van der Waals surface area contributed by atoms with Crippen LogP contribution in [0, 0.1) is 0 Å². The number of carbonyl (C=O) groups is 1. The lowest BCUT2D eigenvalue weighted by molar-refractivity contribution is 0.103. The largest absolute Gasteiger partial charge is 0.383 e. The molecule has 3 aromatic rings. The summed E-state index contributed by atoms with van der Waals surface area (Å²) in [4.78, 5) is 16.8. The van der Waals surface area contributed by atoms with Gasteiger partial charge in [-0.25, -0.2) is 0 Å². The van der Waals surface area contributed by atoms with Crippen LogP contribution in [0.2, 0.25) is 0 Å². The van der Waals surface area contributed by atoms with Gasteiger partial charge >= 0.3 is 0 Å². The second kappa shape index (κ2) is 18.4. The van der Waals surface area contributed by atoms with E-state index in [-0.39, 0.29) is 85.6 Å². The molecule has 2 unspecified atom stereocenters. The highest BCUT2D eigenvalue weighted by molar-refractivity contribution is 7.99. The van der Waals surface area contributed by atoms with E-state index in [1.54, 1.807) is 6.20 Å². The van der Waals surface area contributed by atoms with E-state index < -0.39 is 0 Å². The van der Waals surface area contributed by atoms with Gasteiger partial charge in [0.1, 0.15) is 0 Å². The predicted molar refractivity (Wildman–Crippen MR) is 155 cm³/mol. The van der Waals surface area contributed by atoms with Crippen LogP contribution in [0.5, 0.6) is 0 Å². The molecular weight excluding hydrogens is 567 g/mol. The normalized spacial score (nSPS) is 15.5. The molecule has 1 saturated heterocycles. The third-order valence-electron chi connectivity index (χ3n) is 4.55. The van der Waals surface area contributed by atoms with Crippen molar-refractivity contribution in [2.24, 2.45) is 0 Å². The lowest BCUT2D eigenvalue weighted by Gasteiger charge is -2.15. The Morgan fingerprint density at radius 1 is 0.909 bits per heavy atom. The zero-order valence-electron chi connectivity index (χ0n) is 17.3. The van der Waals surface area contributed by atoms with Gasteiger partial charge in [-0.1, -0.05) is 48.5 Å². The van der Waals surface area contributed by atoms with E-state index in [9.17, 15) is 4.79 Å². The molecule has 11 heteroatoms. The van der Waals surface area contributed by atoms with Crippen molar-refractivity contribution < 1.29 is 4.79 Å². The van der Waals surface area contributed by atoms with Crippen LogP contribution >= 0.6 is 86.2 Å². The van der Waals surface area contributed by atoms with Crippen LogP contribution in [-0.2, 0) is 0 Å². The third kappa shape index (κ3) is 10.1. The first-order valence-corrected chi connectivity index (χ1v) is 10.1. The van der Waals surface area contributed by atoms with E-state index in [0.29, 0.717) is 17.2 Å². The number of hydrogen-bond acceptors (Lipinski definition) is 5. The predicted octanol–water partition coefficient (Wildman–Crippen LogP) is 6.66. The van der Waals surface area contributed by atoms with Crippen LogP contribution in [0.15, 0.2) is 79.1 Å². The van der Waals surface area contributed by atoms with Crippen molar-refractivity contribution in [1.29, 1.82) is 0 Å². The highest BCUT2D eigenvalue weighted by Crippen LogP contribution is 2.32. The summed E-state index contributed by atoms with van der Waals surface area (Å²) in [5.41, 5.74) is 3.59. The van der Waals surface area contributed by atoms with E-state index >= 15 is 0 Å². The molecule has 0 aliphatic carbocycles. The fourth-order valence-electron chi connectivity index (χ4n) is 3.13. The Bertz CT molecular complexity index is 924. The lowest BCUT2D eigenvalue weighted by atomic mass is 10.0. The Hall–Kier alpha value is -0.890. The summed E-state index contributed by atoms with van der Waals surface area (Å²) in [5.74, 6) is 1.08. The Kier molecular flexibility index (Phi) is 20.5. The number of aromatic nitrogens is 1. The summed E-state index contributed by atoms with van der Waals surface area (Å²) in [5, 5.41) is 7.38. The van der Waals surface area contributed by atoms with E-state index in [1.165, 1.54) is 5.56 Å². The maximum atomic E-state index is 12.6. The molecule has 0 saturated carbocycles. The maximum Gasteiger partial charge on any atom is 0.193 e. The minimum absolute atomic E-state index is 0. The summed E-state index contributed by atoms with van der Waals surface area (Å²) in [6, 6.07) is 21.5. The fourth-order valence-corrected chi connectivity index (χ4v) is 4.39. The van der Waals surface area contributed by atoms with Gasteiger partial charge in [-0.05, 0) is 23.8 Å². The van der Waals surface area contributed by atoms with E-state index in [4.69, 9.17) is 0 Å². The summed E-state index contributed by atoms with van der Waals surface area (Å²) in [6.45, 7) is 0.812. The smallest absolute Gasteiger partial charge is 0.193 e. The number of thioether (sulfide) groups is 1. The monoisotopic (exact) mass is 591 g/mol. The summed E-state index contributed by atoms with van der Waals surface area (Å²) < 4.78 is 0. The Labute approximate surface area is 236 Å². The molecule has 1 fully saturated rings. The molecule has 2 aromatic carbocycles. The Balaban J connectivity index is -0.00000150. The molecule has 1 aliphatic heterocycles. The van der Waals surface area contributed by atoms with Gasteiger partial charge in [-0.2, -0.15) is 0 Å². The van der Waals surface area contributed by atoms with Gasteiger partial charge in [0.15, 0.2) is 5.78 Å². The molecule has 4 nitrogen and oxygen atoms in total. The second-order valence-electron chi connectivity index (χ2n) is 6.52. The van der Waals surface area contributed by atoms with Crippen LogP contribution in [0.25, 0.3) is 0 Å². The summed E-state index contributed by atoms with van der Waals surface area (Å²) in [6.07, 6.45) is 3.71. The lowest BCUT2D eigenvalue weighted by Crippen LogP contribution is -2.32. The van der Waals surface area contributed by atoms with Crippen molar-refractivity contribution in [3.05, 3.63) is 95.8 Å². The first kappa shape index (κ1) is 36.7. The van der Waals surface area contributed by atoms with Gasteiger partial charge in [0, 0.05) is 47.5 Å². The molecule has 0 bridgehead atoms. The van der Waals surface area contributed by atoms with Crippen molar-refractivity contribution in [1.82, 2.24) is 10.3 Å². The molecule has 0 amide bonds. The molecule has 1 aliphatic rings. The average Bonchev–Trinajstić information content (AvgIpc) is 3.22. The van der Waals surface area contributed by atoms with Crippen molar-refractivity contribution in [3.8, 4) is 0 Å². The van der Waals surface area contributed by atoms with E-state index in [2.05, 4.69) is 21.7 Å². The van der Waals surface area contributed by atoms with E-state index in [0.717, 1.165) is 18.0 Å². The first-order chi connectivity index (χ1) is 13.3. The van der Waals surface area contributed by atoms with Gasteiger partial charge < -0.3 is 5.32 Å². The van der Waals surface area contributed by atoms with Gasteiger partial charge in [-0.3, -0.25) is 15.1 Å². The van der Waals surface area contributed by atoms with Gasteiger partial charge in [0.25, 0.3) is 0 Å². The van der Waals surface area contributed by atoms with E-state index in [1.807, 2.05) is 78.6 Å². The van der Waals surface area contributed by atoms with Gasteiger partial charge in [0.05, 0.1) is 5.37 Å². The SMILES string of the molecule is Cl.Cl.Cl.Cl.Cl.Cl.O=C(c1ccccc1)c1cccc(NCC2CSC(c3cccnc3)N2)c1. The highest BCUT2D eigenvalue weighted by atomic mass is 35.5. The second-order valence-corrected chi connectivity index (χ2v) is 7.66. The zero-order chi connectivity index (χ0) is 18.5. The van der Waals surface area contributed by atoms with Gasteiger partial charge in [-0.15, -0.1) is 86.2 Å². The number of rotatable bonds is 6. The fraction of sp³-hybridized carbons (Fsp3) is 0.182. The van der Waals surface area contributed by atoms with Crippen molar-refractivity contribution in [2.75, 3.05) is 17.6 Å². The zero-order valence-corrected chi connectivity index (χ0v) is 23.0. The molecule has 2 N–H and O–H groups in total. The average molecular weight is 594 g/mol. The van der Waals surface area contributed by atoms with Crippen LogP contribution < -0.4 is 10.6 Å². The molecule has 184 valence electrons. The molecule has 0 spiro atoms. The van der Waals surface area contributed by atoms with Crippen LogP contribution in [-0.4, -0.2) is 29.1 Å². The van der Waals surface area contributed by atoms with Crippen molar-refractivity contribution in [2.45, 2.75) is 11.4 Å². The Morgan fingerprint density at radius 3 is 2.27 bits per heavy atom.